The fourth-order valence-electron chi connectivity index (χ4n) is 2.73. The number of nitrogens with one attached hydrogen (secondary N) is 1. The van der Waals surface area contributed by atoms with E-state index in [0.717, 1.165) is 24.3 Å². The van der Waals surface area contributed by atoms with Crippen molar-refractivity contribution in [3.05, 3.63) is 85.5 Å². The molecule has 0 aromatic heterocycles. The predicted molar refractivity (Wildman–Crippen MR) is 95.6 cm³/mol. The summed E-state index contributed by atoms with van der Waals surface area (Å²) in [5.41, 5.74) is 7.63. The Morgan fingerprint density at radius 3 is 2.43 bits per heavy atom. The van der Waals surface area contributed by atoms with E-state index in [1.807, 2.05) is 0 Å². The molecule has 3 rings (SSSR count). The van der Waals surface area contributed by atoms with Crippen LogP contribution in [0.3, 0.4) is 0 Å². The van der Waals surface area contributed by atoms with Crippen LogP contribution in [0.1, 0.15) is 16.7 Å². The molecule has 5 nitrogen and oxygen atoms in total. The molecule has 0 spiro atoms. The van der Waals surface area contributed by atoms with Gasteiger partial charge in [0.1, 0.15) is 5.82 Å². The summed E-state index contributed by atoms with van der Waals surface area (Å²) in [6.45, 7) is -0.293. The van der Waals surface area contributed by atoms with Crippen molar-refractivity contribution in [3.63, 3.8) is 0 Å². The summed E-state index contributed by atoms with van der Waals surface area (Å²) in [6.07, 6.45) is -4.04. The smallest absolute Gasteiger partial charge is 0.265 e. The van der Waals surface area contributed by atoms with Gasteiger partial charge in [0.2, 0.25) is 5.60 Å². The highest BCUT2D eigenvalue weighted by Crippen LogP contribution is 2.48. The zero-order valence-corrected chi connectivity index (χ0v) is 15.3. The monoisotopic (exact) mass is 432 g/mol. The molecular formula is C17H10Cl2F4N4O. The van der Waals surface area contributed by atoms with Crippen molar-refractivity contribution in [2.45, 2.75) is 18.3 Å². The van der Waals surface area contributed by atoms with Gasteiger partial charge in [-0.2, -0.15) is 13.2 Å². The Balaban J connectivity index is 2.11. The van der Waals surface area contributed by atoms with Crippen LogP contribution in [0.4, 0.5) is 17.6 Å². The van der Waals surface area contributed by atoms with Crippen LogP contribution in [0.25, 0.3) is 16.1 Å². The molecule has 2 aromatic rings. The molecule has 0 saturated heterocycles. The number of hydrogen-bond donors (Lipinski definition) is 1. The lowest BCUT2D eigenvalue weighted by Gasteiger charge is -2.28. The number of rotatable bonds is 4. The molecule has 0 fully saturated rings. The highest BCUT2D eigenvalue weighted by molar-refractivity contribution is 6.34. The summed E-state index contributed by atoms with van der Waals surface area (Å²) >= 11 is 11.7. The second kappa shape index (κ2) is 7.52. The maximum atomic E-state index is 14.0. The molecule has 0 aliphatic carbocycles. The number of halogens is 6. The molecule has 1 aliphatic rings. The Bertz CT molecular complexity index is 985. The highest BCUT2D eigenvalue weighted by atomic mass is 35.5. The fraction of sp³-hybridized carbons (Fsp3) is 0.176. The molecule has 146 valence electrons. The molecule has 28 heavy (non-hydrogen) atoms. The maximum Gasteiger partial charge on any atom is 0.428 e. The van der Waals surface area contributed by atoms with E-state index in [9.17, 15) is 17.6 Å². The molecule has 1 atom stereocenters. The van der Waals surface area contributed by atoms with Gasteiger partial charge in [0, 0.05) is 26.1 Å². The van der Waals surface area contributed by atoms with Gasteiger partial charge in [-0.15, -0.1) is 0 Å². The standard InChI is InChI=1S/C17H10Cl2F4N4O/c18-12-4-11(5-13(19)6-12)16(17(21,22)23)7-15(26-28-16)9-1-2-14(20)10(3-9)8-25-27-24/h1-7,26H,8H2. The predicted octanol–water partition coefficient (Wildman–Crippen LogP) is 6.28. The van der Waals surface area contributed by atoms with Crippen LogP contribution in [-0.2, 0) is 17.0 Å². The van der Waals surface area contributed by atoms with Crippen molar-refractivity contribution < 1.29 is 22.4 Å². The van der Waals surface area contributed by atoms with Gasteiger partial charge in [-0.05, 0) is 53.6 Å². The largest absolute Gasteiger partial charge is 0.428 e. The van der Waals surface area contributed by atoms with Crippen molar-refractivity contribution >= 4 is 28.9 Å². The minimum atomic E-state index is -4.86. The Labute approximate surface area is 166 Å². The van der Waals surface area contributed by atoms with Crippen LogP contribution in [0.15, 0.2) is 47.6 Å². The van der Waals surface area contributed by atoms with Crippen LogP contribution in [-0.4, -0.2) is 6.18 Å². The average molecular weight is 433 g/mol. The third kappa shape index (κ3) is 3.74. The number of alkyl halides is 3. The number of hydroxylamine groups is 1. The molecule has 1 aliphatic heterocycles. The highest BCUT2D eigenvalue weighted by Gasteiger charge is 2.59. The quantitative estimate of drug-likeness (QED) is 0.267. The molecule has 0 bridgehead atoms. The van der Waals surface area contributed by atoms with Gasteiger partial charge in [-0.3, -0.25) is 10.3 Å². The van der Waals surface area contributed by atoms with Gasteiger partial charge < -0.3 is 0 Å². The zero-order chi connectivity index (χ0) is 20.5. The fourth-order valence-corrected chi connectivity index (χ4v) is 3.25. The van der Waals surface area contributed by atoms with Gasteiger partial charge >= 0.3 is 6.18 Å². The van der Waals surface area contributed by atoms with Gasteiger partial charge in [0.25, 0.3) is 0 Å². The lowest BCUT2D eigenvalue weighted by molar-refractivity contribution is -0.269. The van der Waals surface area contributed by atoms with Crippen LogP contribution >= 0.6 is 23.2 Å². The second-order valence-electron chi connectivity index (χ2n) is 5.85. The van der Waals surface area contributed by atoms with Gasteiger partial charge in [0.05, 0.1) is 12.2 Å². The summed E-state index contributed by atoms with van der Waals surface area (Å²) in [4.78, 5) is 7.50. The minimum Gasteiger partial charge on any atom is -0.265 e. The Morgan fingerprint density at radius 1 is 1.14 bits per heavy atom. The van der Waals surface area contributed by atoms with Gasteiger partial charge in [0.15, 0.2) is 0 Å². The van der Waals surface area contributed by atoms with Crippen molar-refractivity contribution in [3.8, 4) is 0 Å². The maximum absolute atomic E-state index is 14.0. The van der Waals surface area contributed by atoms with E-state index in [2.05, 4.69) is 15.5 Å². The Morgan fingerprint density at radius 2 is 1.82 bits per heavy atom. The van der Waals surface area contributed by atoms with E-state index < -0.39 is 17.6 Å². The normalized spacial score (nSPS) is 19.0. The molecule has 0 radical (unpaired) electrons. The van der Waals surface area contributed by atoms with Gasteiger partial charge in [-0.1, -0.05) is 28.3 Å². The van der Waals surface area contributed by atoms with Crippen molar-refractivity contribution in [2.75, 3.05) is 0 Å². The van der Waals surface area contributed by atoms with Crippen LogP contribution in [0.2, 0.25) is 10.0 Å². The average Bonchev–Trinajstić information content (AvgIpc) is 3.07. The van der Waals surface area contributed by atoms with E-state index >= 15 is 0 Å². The number of azide groups is 1. The van der Waals surface area contributed by atoms with E-state index in [0.29, 0.717) is 0 Å². The number of benzene rings is 2. The summed E-state index contributed by atoms with van der Waals surface area (Å²) in [5.74, 6) is -0.653. The van der Waals surface area contributed by atoms with E-state index in [-0.39, 0.29) is 39.0 Å². The summed E-state index contributed by atoms with van der Waals surface area (Å²) in [7, 11) is 0. The van der Waals surface area contributed by atoms with Gasteiger partial charge in [-0.25, -0.2) is 4.39 Å². The third-order valence-corrected chi connectivity index (χ3v) is 4.48. The Kier molecular flexibility index (Phi) is 5.45. The molecule has 1 N–H and O–H groups in total. The SMILES string of the molecule is [N-]=[N+]=NCc1cc(C2=CC(c3cc(Cl)cc(Cl)c3)(C(F)(F)F)ON2)ccc1F. The summed E-state index contributed by atoms with van der Waals surface area (Å²) in [6, 6.07) is 7.09. The first-order valence-electron chi connectivity index (χ1n) is 7.66. The molecular weight excluding hydrogens is 423 g/mol. The topological polar surface area (TPSA) is 70.0 Å². The first kappa shape index (κ1) is 20.3. The number of hydrogen-bond acceptors (Lipinski definition) is 3. The molecule has 0 amide bonds. The lowest BCUT2D eigenvalue weighted by Crippen LogP contribution is -2.42. The first-order chi connectivity index (χ1) is 13.2. The molecule has 0 saturated carbocycles. The van der Waals surface area contributed by atoms with Crippen LogP contribution in [0, 0.1) is 5.82 Å². The van der Waals surface area contributed by atoms with Crippen molar-refractivity contribution in [1.82, 2.24) is 5.48 Å². The molecule has 1 heterocycles. The molecule has 11 heteroatoms. The van der Waals surface area contributed by atoms with Crippen LogP contribution < -0.4 is 5.48 Å². The molecule has 2 aromatic carbocycles. The number of nitrogens with zero attached hydrogens (tertiary/aromatic N) is 3. The van der Waals surface area contributed by atoms with Crippen LogP contribution in [0.5, 0.6) is 0 Å². The van der Waals surface area contributed by atoms with Crippen molar-refractivity contribution in [2.24, 2.45) is 5.11 Å². The second-order valence-corrected chi connectivity index (χ2v) is 6.72. The minimum absolute atomic E-state index is 0.00927. The summed E-state index contributed by atoms with van der Waals surface area (Å²) in [5, 5.41) is 3.28. The van der Waals surface area contributed by atoms with E-state index in [1.165, 1.54) is 18.2 Å². The van der Waals surface area contributed by atoms with E-state index in [4.69, 9.17) is 33.6 Å². The lowest BCUT2D eigenvalue weighted by atomic mass is 9.91. The first-order valence-corrected chi connectivity index (χ1v) is 8.42. The van der Waals surface area contributed by atoms with Crippen molar-refractivity contribution in [1.29, 1.82) is 0 Å². The molecule has 1 unspecified atom stereocenters. The third-order valence-electron chi connectivity index (χ3n) is 4.04. The summed E-state index contributed by atoms with van der Waals surface area (Å²) < 4.78 is 55.7. The Hall–Kier alpha value is -2.45. The van der Waals surface area contributed by atoms with E-state index in [1.54, 1.807) is 0 Å². The zero-order valence-electron chi connectivity index (χ0n) is 13.8.